The number of hydrogen-bond donors (Lipinski definition) is 0. The van der Waals surface area contributed by atoms with Crippen molar-refractivity contribution in [3.8, 4) is 5.75 Å². The first-order chi connectivity index (χ1) is 6.67. The molecule has 0 saturated carbocycles. The summed E-state index contributed by atoms with van der Waals surface area (Å²) in [6.45, 7) is 4.42. The van der Waals surface area contributed by atoms with Crippen molar-refractivity contribution < 1.29 is 4.74 Å². The quantitative estimate of drug-likeness (QED) is 0.755. The predicted molar refractivity (Wildman–Crippen MR) is 66.3 cm³/mol. The zero-order valence-corrected chi connectivity index (χ0v) is 11.1. The van der Waals surface area contributed by atoms with Crippen molar-refractivity contribution in [2.24, 2.45) is 0 Å². The molecular weight excluding hydrogens is 260 g/mol. The monoisotopic (exact) mass is 274 g/mol. The number of ether oxygens (including phenoxy) is 1. The molecule has 0 bridgehead atoms. The van der Waals surface area contributed by atoms with Crippen molar-refractivity contribution in [2.75, 3.05) is 7.11 Å². The van der Waals surface area contributed by atoms with Gasteiger partial charge >= 0.3 is 0 Å². The average molecular weight is 275 g/mol. The lowest BCUT2D eigenvalue weighted by atomic mass is 10.3. The van der Waals surface area contributed by atoms with Gasteiger partial charge in [0.1, 0.15) is 5.75 Å². The number of rotatable bonds is 4. The summed E-state index contributed by atoms with van der Waals surface area (Å²) in [4.78, 5) is 1.20. The van der Waals surface area contributed by atoms with Gasteiger partial charge in [-0.25, -0.2) is 0 Å². The van der Waals surface area contributed by atoms with Crippen molar-refractivity contribution >= 4 is 27.7 Å². The third-order valence-corrected chi connectivity index (χ3v) is 3.83. The Balaban J connectivity index is 2.87. The zero-order valence-electron chi connectivity index (χ0n) is 8.71. The van der Waals surface area contributed by atoms with Gasteiger partial charge in [-0.3, -0.25) is 0 Å². The van der Waals surface area contributed by atoms with Crippen LogP contribution in [0.5, 0.6) is 5.75 Å². The molecule has 1 aromatic rings. The van der Waals surface area contributed by atoms with Crippen LogP contribution in [0.2, 0.25) is 0 Å². The van der Waals surface area contributed by atoms with Crippen LogP contribution < -0.4 is 4.74 Å². The van der Waals surface area contributed by atoms with E-state index in [4.69, 9.17) is 4.74 Å². The van der Waals surface area contributed by atoms with Gasteiger partial charge in [-0.15, -0.1) is 11.8 Å². The molecule has 3 heteroatoms. The summed E-state index contributed by atoms with van der Waals surface area (Å²) in [5.74, 6) is 0.957. The highest BCUT2D eigenvalue weighted by atomic mass is 79.9. The minimum atomic E-state index is 0.623. The van der Waals surface area contributed by atoms with Gasteiger partial charge in [0.25, 0.3) is 0 Å². The third kappa shape index (κ3) is 3.21. The Morgan fingerprint density at radius 1 is 1.50 bits per heavy atom. The Hall–Kier alpha value is -0.150. The molecule has 0 aliphatic heterocycles. The normalized spacial score (nSPS) is 12.6. The summed E-state index contributed by atoms with van der Waals surface area (Å²) in [6.07, 6.45) is 1.17. The second kappa shape index (κ2) is 5.66. The second-order valence-corrected chi connectivity index (χ2v) is 5.53. The highest BCUT2D eigenvalue weighted by molar-refractivity contribution is 9.10. The molecule has 0 amide bonds. The molecule has 0 radical (unpaired) electrons. The largest absolute Gasteiger partial charge is 0.496 e. The van der Waals surface area contributed by atoms with Gasteiger partial charge in [0.05, 0.1) is 12.0 Å². The topological polar surface area (TPSA) is 9.23 Å². The molecule has 0 aliphatic rings. The Kier molecular flexibility index (Phi) is 4.82. The highest BCUT2D eigenvalue weighted by Crippen LogP contribution is 2.35. The maximum atomic E-state index is 5.30. The summed E-state index contributed by atoms with van der Waals surface area (Å²) >= 11 is 5.32. The van der Waals surface area contributed by atoms with E-state index < -0.39 is 0 Å². The SMILES string of the molecule is CCC(C)Sc1cc(Br)ccc1OC. The zero-order chi connectivity index (χ0) is 10.6. The van der Waals surface area contributed by atoms with E-state index in [1.165, 1.54) is 11.3 Å². The molecule has 0 spiro atoms. The van der Waals surface area contributed by atoms with Gasteiger partial charge in [0, 0.05) is 9.72 Å². The van der Waals surface area contributed by atoms with Crippen LogP contribution in [0.25, 0.3) is 0 Å². The van der Waals surface area contributed by atoms with Crippen LogP contribution in [-0.2, 0) is 0 Å². The van der Waals surface area contributed by atoms with Crippen LogP contribution >= 0.6 is 27.7 Å². The molecule has 0 heterocycles. The van der Waals surface area contributed by atoms with Gasteiger partial charge in [-0.2, -0.15) is 0 Å². The van der Waals surface area contributed by atoms with Gasteiger partial charge in [0.2, 0.25) is 0 Å². The Morgan fingerprint density at radius 3 is 2.79 bits per heavy atom. The number of hydrogen-bond acceptors (Lipinski definition) is 2. The Labute approximate surface area is 98.4 Å². The van der Waals surface area contributed by atoms with E-state index in [0.717, 1.165) is 10.2 Å². The van der Waals surface area contributed by atoms with Crippen LogP contribution in [-0.4, -0.2) is 12.4 Å². The van der Waals surface area contributed by atoms with Crippen molar-refractivity contribution in [2.45, 2.75) is 30.4 Å². The molecule has 1 aromatic carbocycles. The van der Waals surface area contributed by atoms with Crippen LogP contribution in [0.4, 0.5) is 0 Å². The van der Waals surface area contributed by atoms with Crippen molar-refractivity contribution in [3.63, 3.8) is 0 Å². The van der Waals surface area contributed by atoms with Crippen molar-refractivity contribution in [1.82, 2.24) is 0 Å². The first kappa shape index (κ1) is 11.9. The number of thioether (sulfide) groups is 1. The fourth-order valence-corrected chi connectivity index (χ4v) is 2.62. The molecule has 1 atom stereocenters. The lowest BCUT2D eigenvalue weighted by Crippen LogP contribution is -1.94. The molecule has 1 rings (SSSR count). The summed E-state index contributed by atoms with van der Waals surface area (Å²) < 4.78 is 6.41. The Bertz CT molecular complexity index is 301. The number of halogens is 1. The maximum Gasteiger partial charge on any atom is 0.132 e. The summed E-state index contributed by atoms with van der Waals surface area (Å²) in [7, 11) is 1.71. The molecule has 1 nitrogen and oxygen atoms in total. The molecule has 1 unspecified atom stereocenters. The Morgan fingerprint density at radius 2 is 2.21 bits per heavy atom. The second-order valence-electron chi connectivity index (χ2n) is 3.13. The smallest absolute Gasteiger partial charge is 0.132 e. The van der Waals surface area contributed by atoms with Gasteiger partial charge in [-0.1, -0.05) is 29.8 Å². The highest BCUT2D eigenvalue weighted by Gasteiger charge is 2.07. The van der Waals surface area contributed by atoms with Crippen LogP contribution in [0.15, 0.2) is 27.6 Å². The van der Waals surface area contributed by atoms with Gasteiger partial charge < -0.3 is 4.74 Å². The summed E-state index contributed by atoms with van der Waals surface area (Å²) in [5, 5.41) is 0.623. The molecule has 0 aliphatic carbocycles. The van der Waals surface area contributed by atoms with E-state index in [9.17, 15) is 0 Å². The fraction of sp³-hybridized carbons (Fsp3) is 0.455. The molecular formula is C11H15BrOS. The molecule has 0 N–H and O–H groups in total. The van der Waals surface area contributed by atoms with Crippen molar-refractivity contribution in [1.29, 1.82) is 0 Å². The maximum absolute atomic E-state index is 5.30. The molecule has 14 heavy (non-hydrogen) atoms. The van der Waals surface area contributed by atoms with E-state index in [1.54, 1.807) is 7.11 Å². The molecule has 78 valence electrons. The van der Waals surface area contributed by atoms with E-state index in [2.05, 4.69) is 35.8 Å². The minimum Gasteiger partial charge on any atom is -0.496 e. The van der Waals surface area contributed by atoms with E-state index in [-0.39, 0.29) is 0 Å². The average Bonchev–Trinajstić information content (AvgIpc) is 2.18. The van der Waals surface area contributed by atoms with Gasteiger partial charge in [-0.05, 0) is 24.6 Å². The standard InChI is InChI=1S/C11H15BrOS/c1-4-8(2)14-11-7-9(12)5-6-10(11)13-3/h5-8H,4H2,1-3H3. The van der Waals surface area contributed by atoms with E-state index in [1.807, 2.05) is 23.9 Å². The molecule has 0 fully saturated rings. The lowest BCUT2D eigenvalue weighted by molar-refractivity contribution is 0.404. The lowest BCUT2D eigenvalue weighted by Gasteiger charge is -2.12. The van der Waals surface area contributed by atoms with Crippen LogP contribution in [0.3, 0.4) is 0 Å². The first-order valence-electron chi connectivity index (χ1n) is 4.67. The van der Waals surface area contributed by atoms with Gasteiger partial charge in [0.15, 0.2) is 0 Å². The summed E-state index contributed by atoms with van der Waals surface area (Å²) in [5.41, 5.74) is 0. The third-order valence-electron chi connectivity index (χ3n) is 2.03. The predicted octanol–water partition coefficient (Wildman–Crippen LogP) is 4.35. The minimum absolute atomic E-state index is 0.623. The summed E-state index contributed by atoms with van der Waals surface area (Å²) in [6, 6.07) is 6.10. The van der Waals surface area contributed by atoms with Crippen LogP contribution in [0.1, 0.15) is 20.3 Å². The number of benzene rings is 1. The fourth-order valence-electron chi connectivity index (χ4n) is 1.04. The van der Waals surface area contributed by atoms with E-state index in [0.29, 0.717) is 5.25 Å². The van der Waals surface area contributed by atoms with Crippen LogP contribution in [0, 0.1) is 0 Å². The van der Waals surface area contributed by atoms with E-state index >= 15 is 0 Å². The molecule has 0 saturated heterocycles. The molecule has 0 aromatic heterocycles. The number of methoxy groups -OCH3 is 1. The van der Waals surface area contributed by atoms with Crippen molar-refractivity contribution in [3.05, 3.63) is 22.7 Å². The first-order valence-corrected chi connectivity index (χ1v) is 6.34.